The second-order valence-electron chi connectivity index (χ2n) is 1.50. The van der Waals surface area contributed by atoms with Crippen molar-refractivity contribution >= 4 is 19.9 Å². The minimum atomic E-state index is -3.61. The van der Waals surface area contributed by atoms with Crippen LogP contribution in [0.15, 0.2) is 0 Å². The van der Waals surface area contributed by atoms with E-state index in [-0.39, 0.29) is 25.6 Å². The van der Waals surface area contributed by atoms with Crippen molar-refractivity contribution in [2.45, 2.75) is 0 Å². The molecule has 0 fully saturated rings. The maximum Gasteiger partial charge on any atom is 0.322 e. The lowest BCUT2D eigenvalue weighted by atomic mass is 10.8. The van der Waals surface area contributed by atoms with Gasteiger partial charge in [-0.1, -0.05) is 0 Å². The van der Waals surface area contributed by atoms with Crippen LogP contribution < -0.4 is 0 Å². The Morgan fingerprint density at radius 1 is 1.27 bits per heavy atom. The van der Waals surface area contributed by atoms with E-state index in [1.54, 1.807) is 0 Å². The van der Waals surface area contributed by atoms with Crippen LogP contribution in [0, 0.1) is 0 Å². The van der Waals surface area contributed by atoms with Crippen LogP contribution in [-0.2, 0) is 13.3 Å². The molecule has 0 aliphatic rings. The van der Waals surface area contributed by atoms with Crippen LogP contribution in [0.25, 0.3) is 0 Å². The molecule has 0 heterocycles. The molecule has 68 valence electrons. The fraction of sp³-hybridized carbons (Fsp3) is 1.00. The Labute approximate surface area is 68.9 Å². The van der Waals surface area contributed by atoms with Crippen molar-refractivity contribution in [2.24, 2.45) is 0 Å². The molecule has 0 rings (SSSR count). The highest BCUT2D eigenvalue weighted by molar-refractivity contribution is 8.70. The SMILES string of the molecule is O=S(=O)(OCCO)SCCO. The van der Waals surface area contributed by atoms with Gasteiger partial charge in [-0.05, 0) is 10.8 Å². The molecule has 0 atom stereocenters. The average molecular weight is 202 g/mol. The van der Waals surface area contributed by atoms with Crippen LogP contribution in [0.1, 0.15) is 0 Å². The van der Waals surface area contributed by atoms with E-state index in [0.29, 0.717) is 10.8 Å². The first kappa shape index (κ1) is 11.2. The molecule has 0 aromatic heterocycles. The topological polar surface area (TPSA) is 83.8 Å². The van der Waals surface area contributed by atoms with E-state index < -0.39 is 9.15 Å². The zero-order valence-corrected chi connectivity index (χ0v) is 7.40. The standard InChI is InChI=1S/C4H10O5S2/c5-1-3-9-11(7,8)10-4-2-6/h5-6H,1-4H2. The molecule has 0 radical (unpaired) electrons. The Morgan fingerprint density at radius 3 is 2.36 bits per heavy atom. The Hall–Kier alpha value is 0.180. The minimum Gasteiger partial charge on any atom is -0.395 e. The van der Waals surface area contributed by atoms with E-state index in [9.17, 15) is 8.42 Å². The molecule has 0 aliphatic carbocycles. The lowest BCUT2D eigenvalue weighted by Crippen LogP contribution is -2.06. The van der Waals surface area contributed by atoms with E-state index in [4.69, 9.17) is 10.2 Å². The molecular weight excluding hydrogens is 192 g/mol. The fourth-order valence-electron chi connectivity index (χ4n) is 0.313. The second kappa shape index (κ2) is 5.78. The normalized spacial score (nSPS) is 11.8. The number of hydrogen-bond donors (Lipinski definition) is 2. The molecule has 0 bridgehead atoms. The van der Waals surface area contributed by atoms with Gasteiger partial charge in [-0.3, -0.25) is 4.18 Å². The lowest BCUT2D eigenvalue weighted by Gasteiger charge is -2.00. The molecular formula is C4H10O5S2. The van der Waals surface area contributed by atoms with Gasteiger partial charge < -0.3 is 10.2 Å². The predicted octanol–water partition coefficient (Wildman–Crippen LogP) is -1.03. The molecule has 0 aliphatic heterocycles. The highest BCUT2D eigenvalue weighted by Gasteiger charge is 2.10. The average Bonchev–Trinajstić information content (AvgIpc) is 1.97. The smallest absolute Gasteiger partial charge is 0.322 e. The van der Waals surface area contributed by atoms with Crippen LogP contribution in [0.3, 0.4) is 0 Å². The van der Waals surface area contributed by atoms with Gasteiger partial charge in [0.05, 0.1) is 19.8 Å². The summed E-state index contributed by atoms with van der Waals surface area (Å²) in [6.07, 6.45) is 0. The zero-order chi connectivity index (χ0) is 8.74. The number of aliphatic hydroxyl groups excluding tert-OH is 2. The highest BCUT2D eigenvalue weighted by Crippen LogP contribution is 2.12. The van der Waals surface area contributed by atoms with Gasteiger partial charge in [-0.25, -0.2) is 0 Å². The van der Waals surface area contributed by atoms with E-state index in [1.807, 2.05) is 0 Å². The summed E-state index contributed by atoms with van der Waals surface area (Å²) in [5, 5.41) is 16.5. The van der Waals surface area contributed by atoms with Crippen LogP contribution in [-0.4, -0.2) is 44.2 Å². The maximum absolute atomic E-state index is 10.7. The summed E-state index contributed by atoms with van der Waals surface area (Å²) in [6, 6.07) is 0. The van der Waals surface area contributed by atoms with Gasteiger partial charge in [0.15, 0.2) is 0 Å². The maximum atomic E-state index is 10.7. The van der Waals surface area contributed by atoms with E-state index in [2.05, 4.69) is 4.18 Å². The van der Waals surface area contributed by atoms with E-state index in [0.717, 1.165) is 0 Å². The Balaban J connectivity index is 3.63. The molecule has 0 aromatic rings. The summed E-state index contributed by atoms with van der Waals surface area (Å²) in [7, 11) is -3.10. The van der Waals surface area contributed by atoms with Crippen LogP contribution >= 0.6 is 10.8 Å². The van der Waals surface area contributed by atoms with Gasteiger partial charge in [0.1, 0.15) is 0 Å². The highest BCUT2D eigenvalue weighted by atomic mass is 33.1. The molecule has 2 N–H and O–H groups in total. The van der Waals surface area contributed by atoms with Crippen molar-refractivity contribution in [1.82, 2.24) is 0 Å². The molecule has 0 saturated carbocycles. The number of hydrogen-bond acceptors (Lipinski definition) is 6. The third-order valence-corrected chi connectivity index (χ3v) is 3.39. The van der Waals surface area contributed by atoms with E-state index in [1.165, 1.54) is 0 Å². The summed E-state index contributed by atoms with van der Waals surface area (Å²) in [6.45, 7) is -0.786. The third kappa shape index (κ3) is 6.57. The van der Waals surface area contributed by atoms with Gasteiger partial charge >= 0.3 is 9.15 Å². The largest absolute Gasteiger partial charge is 0.395 e. The summed E-state index contributed by atoms with van der Waals surface area (Å²) in [4.78, 5) is 0. The Bertz CT molecular complexity index is 161. The minimum absolute atomic E-state index is 0.0771. The molecule has 0 amide bonds. The number of rotatable bonds is 6. The van der Waals surface area contributed by atoms with Crippen molar-refractivity contribution in [2.75, 3.05) is 25.6 Å². The quantitative estimate of drug-likeness (QED) is 0.536. The first-order chi connectivity index (χ1) is 5.12. The van der Waals surface area contributed by atoms with Gasteiger partial charge in [0.25, 0.3) is 0 Å². The Kier molecular flexibility index (Phi) is 5.88. The molecule has 0 spiro atoms. The fourth-order valence-corrected chi connectivity index (χ4v) is 2.18. The molecule has 0 unspecified atom stereocenters. The summed E-state index contributed by atoms with van der Waals surface area (Å²) in [5.41, 5.74) is 0. The van der Waals surface area contributed by atoms with Crippen LogP contribution in [0.2, 0.25) is 0 Å². The van der Waals surface area contributed by atoms with Crippen molar-refractivity contribution in [3.05, 3.63) is 0 Å². The van der Waals surface area contributed by atoms with Crippen molar-refractivity contribution < 1.29 is 22.8 Å². The first-order valence-electron chi connectivity index (χ1n) is 2.88. The van der Waals surface area contributed by atoms with Gasteiger partial charge in [0.2, 0.25) is 0 Å². The molecule has 11 heavy (non-hydrogen) atoms. The van der Waals surface area contributed by atoms with Gasteiger partial charge in [-0.15, -0.1) is 0 Å². The Morgan fingerprint density at radius 2 is 1.91 bits per heavy atom. The molecule has 5 nitrogen and oxygen atoms in total. The van der Waals surface area contributed by atoms with Crippen LogP contribution in [0.4, 0.5) is 0 Å². The van der Waals surface area contributed by atoms with Crippen LogP contribution in [0.5, 0.6) is 0 Å². The number of aliphatic hydroxyl groups is 2. The zero-order valence-electron chi connectivity index (χ0n) is 5.76. The lowest BCUT2D eigenvalue weighted by molar-refractivity contribution is 0.209. The van der Waals surface area contributed by atoms with Gasteiger partial charge in [0, 0.05) is 5.75 Å². The molecule has 0 saturated heterocycles. The monoisotopic (exact) mass is 202 g/mol. The third-order valence-electron chi connectivity index (χ3n) is 0.638. The summed E-state index contributed by atoms with van der Waals surface area (Å²) in [5.74, 6) is 0.0771. The molecule has 7 heteroatoms. The summed E-state index contributed by atoms with van der Waals surface area (Å²) < 4.78 is 25.6. The van der Waals surface area contributed by atoms with Crippen molar-refractivity contribution in [3.8, 4) is 0 Å². The van der Waals surface area contributed by atoms with Gasteiger partial charge in [-0.2, -0.15) is 8.42 Å². The predicted molar refractivity (Wildman–Crippen MR) is 41.5 cm³/mol. The van der Waals surface area contributed by atoms with Crippen molar-refractivity contribution in [1.29, 1.82) is 0 Å². The first-order valence-corrected chi connectivity index (χ1v) is 5.79. The second-order valence-corrected chi connectivity index (χ2v) is 5.13. The molecule has 0 aromatic carbocycles. The van der Waals surface area contributed by atoms with E-state index >= 15 is 0 Å². The summed E-state index contributed by atoms with van der Waals surface area (Å²) >= 11 is 0. The van der Waals surface area contributed by atoms with Crippen molar-refractivity contribution in [3.63, 3.8) is 0 Å².